The zero-order chi connectivity index (χ0) is 10.4. The third-order valence-corrected chi connectivity index (χ3v) is 3.14. The summed E-state index contributed by atoms with van der Waals surface area (Å²) in [6, 6.07) is 1.45. The lowest BCUT2D eigenvalue weighted by atomic mass is 10.0. The van der Waals surface area contributed by atoms with Gasteiger partial charge in [0.15, 0.2) is 0 Å². The summed E-state index contributed by atoms with van der Waals surface area (Å²) in [6.07, 6.45) is 3.57. The van der Waals surface area contributed by atoms with Crippen LogP contribution in [0, 0.1) is 0 Å². The van der Waals surface area contributed by atoms with E-state index in [4.69, 9.17) is 5.73 Å². The Morgan fingerprint density at radius 2 is 1.77 bits per heavy atom. The summed E-state index contributed by atoms with van der Waals surface area (Å²) in [5, 5.41) is 0. The first-order valence-electron chi connectivity index (χ1n) is 5.52. The fourth-order valence-corrected chi connectivity index (χ4v) is 1.67. The van der Waals surface area contributed by atoms with Crippen molar-refractivity contribution in [2.45, 2.75) is 65.1 Å². The maximum absolute atomic E-state index is 6.01. The number of likely N-dealkylation sites (N-methyl/N-ethyl adjacent to an activating group) is 1. The van der Waals surface area contributed by atoms with Crippen LogP contribution in [0.1, 0.15) is 47.0 Å². The van der Waals surface area contributed by atoms with Gasteiger partial charge < -0.3 is 5.73 Å². The average Bonchev–Trinajstić information content (AvgIpc) is 2.14. The van der Waals surface area contributed by atoms with Gasteiger partial charge in [0, 0.05) is 18.1 Å². The van der Waals surface area contributed by atoms with Gasteiger partial charge in [-0.2, -0.15) is 0 Å². The van der Waals surface area contributed by atoms with Gasteiger partial charge in [0.25, 0.3) is 0 Å². The molecule has 0 aliphatic carbocycles. The lowest BCUT2D eigenvalue weighted by Crippen LogP contribution is -2.47. The summed E-state index contributed by atoms with van der Waals surface area (Å²) < 4.78 is 0. The van der Waals surface area contributed by atoms with Gasteiger partial charge in [-0.05, 0) is 33.7 Å². The molecule has 80 valence electrons. The van der Waals surface area contributed by atoms with Crippen molar-refractivity contribution in [1.29, 1.82) is 0 Å². The lowest BCUT2D eigenvalue weighted by Gasteiger charge is -2.34. The third kappa shape index (κ3) is 4.10. The Morgan fingerprint density at radius 1 is 1.23 bits per heavy atom. The molecule has 0 aromatic heterocycles. The van der Waals surface area contributed by atoms with E-state index in [1.165, 1.54) is 12.8 Å². The SMILES string of the molecule is CCCC(C)N(C)C(C)C(N)CC. The van der Waals surface area contributed by atoms with E-state index in [1.807, 2.05) is 0 Å². The van der Waals surface area contributed by atoms with Crippen molar-refractivity contribution in [1.82, 2.24) is 4.90 Å². The van der Waals surface area contributed by atoms with Crippen molar-refractivity contribution >= 4 is 0 Å². The van der Waals surface area contributed by atoms with Gasteiger partial charge in [-0.3, -0.25) is 4.90 Å². The highest BCUT2D eigenvalue weighted by atomic mass is 15.2. The summed E-state index contributed by atoms with van der Waals surface area (Å²) >= 11 is 0. The molecule has 0 heterocycles. The molecule has 2 nitrogen and oxygen atoms in total. The average molecular weight is 186 g/mol. The first-order chi connectivity index (χ1) is 6.04. The molecule has 0 amide bonds. The number of hydrogen-bond acceptors (Lipinski definition) is 2. The van der Waals surface area contributed by atoms with Crippen molar-refractivity contribution in [2.75, 3.05) is 7.05 Å². The molecule has 0 aliphatic rings. The van der Waals surface area contributed by atoms with E-state index in [0.717, 1.165) is 6.42 Å². The molecule has 0 aromatic rings. The minimum Gasteiger partial charge on any atom is -0.326 e. The predicted octanol–water partition coefficient (Wildman–Crippen LogP) is 2.23. The number of hydrogen-bond donors (Lipinski definition) is 1. The fraction of sp³-hybridized carbons (Fsp3) is 1.00. The van der Waals surface area contributed by atoms with Gasteiger partial charge >= 0.3 is 0 Å². The molecule has 0 bridgehead atoms. The molecule has 0 saturated carbocycles. The molecule has 3 unspecified atom stereocenters. The van der Waals surface area contributed by atoms with Crippen molar-refractivity contribution < 1.29 is 0 Å². The van der Waals surface area contributed by atoms with Gasteiger partial charge in [0.2, 0.25) is 0 Å². The van der Waals surface area contributed by atoms with Crippen LogP contribution < -0.4 is 5.73 Å². The zero-order valence-corrected chi connectivity index (χ0v) is 9.88. The second kappa shape index (κ2) is 6.39. The molecule has 0 rings (SSSR count). The molecule has 0 fully saturated rings. The Morgan fingerprint density at radius 3 is 2.15 bits per heavy atom. The Bertz CT molecular complexity index is 125. The maximum atomic E-state index is 6.01. The summed E-state index contributed by atoms with van der Waals surface area (Å²) in [6.45, 7) is 8.89. The molecule has 0 spiro atoms. The Hall–Kier alpha value is -0.0800. The molecule has 2 N–H and O–H groups in total. The van der Waals surface area contributed by atoms with E-state index >= 15 is 0 Å². The van der Waals surface area contributed by atoms with E-state index < -0.39 is 0 Å². The minimum atomic E-state index is 0.310. The van der Waals surface area contributed by atoms with Crippen molar-refractivity contribution in [3.8, 4) is 0 Å². The Kier molecular flexibility index (Phi) is 6.35. The second-order valence-electron chi connectivity index (χ2n) is 4.12. The third-order valence-electron chi connectivity index (χ3n) is 3.14. The van der Waals surface area contributed by atoms with Crippen LogP contribution in [-0.2, 0) is 0 Å². The predicted molar refractivity (Wildman–Crippen MR) is 59.9 cm³/mol. The van der Waals surface area contributed by atoms with E-state index in [-0.39, 0.29) is 0 Å². The van der Waals surface area contributed by atoms with E-state index in [1.54, 1.807) is 0 Å². The van der Waals surface area contributed by atoms with Crippen LogP contribution in [-0.4, -0.2) is 30.1 Å². The number of nitrogens with two attached hydrogens (primary N) is 1. The lowest BCUT2D eigenvalue weighted by molar-refractivity contribution is 0.163. The van der Waals surface area contributed by atoms with Crippen molar-refractivity contribution in [3.63, 3.8) is 0 Å². The zero-order valence-electron chi connectivity index (χ0n) is 9.88. The van der Waals surface area contributed by atoms with Gasteiger partial charge in [0.05, 0.1) is 0 Å². The van der Waals surface area contributed by atoms with Crippen LogP contribution in [0.3, 0.4) is 0 Å². The topological polar surface area (TPSA) is 29.3 Å². The highest BCUT2D eigenvalue weighted by Gasteiger charge is 2.19. The van der Waals surface area contributed by atoms with Gasteiger partial charge in [-0.1, -0.05) is 20.3 Å². The van der Waals surface area contributed by atoms with Crippen LogP contribution in [0.25, 0.3) is 0 Å². The first kappa shape index (κ1) is 12.9. The highest BCUT2D eigenvalue weighted by Crippen LogP contribution is 2.11. The van der Waals surface area contributed by atoms with Gasteiger partial charge in [0.1, 0.15) is 0 Å². The molecule has 0 aliphatic heterocycles. The monoisotopic (exact) mass is 186 g/mol. The summed E-state index contributed by atoms with van der Waals surface area (Å²) in [5.41, 5.74) is 6.01. The van der Waals surface area contributed by atoms with Crippen LogP contribution in [0.15, 0.2) is 0 Å². The first-order valence-corrected chi connectivity index (χ1v) is 5.52. The van der Waals surface area contributed by atoms with Crippen molar-refractivity contribution in [3.05, 3.63) is 0 Å². The molecule has 0 saturated heterocycles. The largest absolute Gasteiger partial charge is 0.326 e. The van der Waals surface area contributed by atoms with Crippen LogP contribution >= 0.6 is 0 Å². The summed E-state index contributed by atoms with van der Waals surface area (Å²) in [7, 11) is 2.18. The van der Waals surface area contributed by atoms with Crippen LogP contribution in [0.4, 0.5) is 0 Å². The van der Waals surface area contributed by atoms with E-state index in [2.05, 4.69) is 39.6 Å². The Balaban J connectivity index is 3.99. The van der Waals surface area contributed by atoms with E-state index in [9.17, 15) is 0 Å². The maximum Gasteiger partial charge on any atom is 0.0218 e. The van der Waals surface area contributed by atoms with Crippen LogP contribution in [0.5, 0.6) is 0 Å². The Labute approximate surface area is 83.5 Å². The highest BCUT2D eigenvalue weighted by molar-refractivity contribution is 4.78. The molecule has 2 heteroatoms. The van der Waals surface area contributed by atoms with Crippen LogP contribution in [0.2, 0.25) is 0 Å². The number of rotatable bonds is 6. The van der Waals surface area contributed by atoms with Gasteiger partial charge in [-0.15, -0.1) is 0 Å². The van der Waals surface area contributed by atoms with E-state index in [0.29, 0.717) is 18.1 Å². The quantitative estimate of drug-likeness (QED) is 0.689. The smallest absolute Gasteiger partial charge is 0.0218 e. The standard InChI is InChI=1S/C11H26N2/c1-6-8-9(3)13(5)10(4)11(12)7-2/h9-11H,6-8,12H2,1-5H3. The minimum absolute atomic E-state index is 0.310. The molecule has 0 radical (unpaired) electrons. The molecule has 0 aromatic carbocycles. The molecular formula is C11H26N2. The summed E-state index contributed by atoms with van der Waals surface area (Å²) in [4.78, 5) is 2.40. The second-order valence-corrected chi connectivity index (χ2v) is 4.12. The molecular weight excluding hydrogens is 160 g/mol. The summed E-state index contributed by atoms with van der Waals surface area (Å²) in [5.74, 6) is 0. The molecule has 13 heavy (non-hydrogen) atoms. The number of nitrogens with zero attached hydrogens (tertiary/aromatic N) is 1. The van der Waals surface area contributed by atoms with Crippen molar-refractivity contribution in [2.24, 2.45) is 5.73 Å². The van der Waals surface area contributed by atoms with Gasteiger partial charge in [-0.25, -0.2) is 0 Å². The fourth-order valence-electron chi connectivity index (χ4n) is 1.67. The normalized spacial score (nSPS) is 18.7. The molecule has 3 atom stereocenters.